The zero-order valence-electron chi connectivity index (χ0n) is 12.2. The highest BCUT2D eigenvalue weighted by Crippen LogP contribution is 2.59. The van der Waals surface area contributed by atoms with Crippen LogP contribution in [-0.4, -0.2) is 30.4 Å². The van der Waals surface area contributed by atoms with Crippen molar-refractivity contribution in [1.82, 2.24) is 10.2 Å². The van der Waals surface area contributed by atoms with E-state index < -0.39 is 0 Å². The van der Waals surface area contributed by atoms with E-state index in [0.717, 1.165) is 38.9 Å². The minimum absolute atomic E-state index is 0. The fourth-order valence-electron chi connectivity index (χ4n) is 4.22. The molecule has 1 aromatic rings. The van der Waals surface area contributed by atoms with E-state index in [1.54, 1.807) is 11.3 Å². The molecule has 3 nitrogen and oxygen atoms in total. The van der Waals surface area contributed by atoms with Crippen LogP contribution >= 0.6 is 23.7 Å². The highest BCUT2D eigenvalue weighted by Gasteiger charge is 2.59. The summed E-state index contributed by atoms with van der Waals surface area (Å²) in [6.45, 7) is 3.15. The topological polar surface area (TPSA) is 32.3 Å². The van der Waals surface area contributed by atoms with Crippen LogP contribution in [0.15, 0.2) is 16.8 Å². The number of hydrogen-bond acceptors (Lipinski definition) is 3. The Morgan fingerprint density at radius 1 is 1.38 bits per heavy atom. The normalized spacial score (nSPS) is 30.2. The number of piperidine rings is 1. The van der Waals surface area contributed by atoms with E-state index in [2.05, 4.69) is 27.0 Å². The summed E-state index contributed by atoms with van der Waals surface area (Å²) in [5.74, 6) is 0.768. The predicted molar refractivity (Wildman–Crippen MR) is 87.9 cm³/mol. The van der Waals surface area contributed by atoms with Gasteiger partial charge in [0.15, 0.2) is 0 Å². The molecule has 1 saturated carbocycles. The van der Waals surface area contributed by atoms with Crippen molar-refractivity contribution >= 4 is 29.7 Å². The molecule has 0 bridgehead atoms. The van der Waals surface area contributed by atoms with Gasteiger partial charge in [0.25, 0.3) is 0 Å². The molecule has 2 unspecified atom stereocenters. The molecule has 2 aliphatic heterocycles. The maximum absolute atomic E-state index is 12.9. The first-order valence-electron chi connectivity index (χ1n) is 7.83. The minimum Gasteiger partial charge on any atom is -0.335 e. The smallest absolute Gasteiger partial charge is 0.226 e. The molecule has 3 fully saturated rings. The van der Waals surface area contributed by atoms with E-state index in [9.17, 15) is 4.79 Å². The molecule has 116 valence electrons. The van der Waals surface area contributed by atoms with E-state index in [1.165, 1.54) is 18.4 Å². The molecule has 0 aromatic carbocycles. The number of amides is 1. The van der Waals surface area contributed by atoms with Crippen LogP contribution < -0.4 is 5.32 Å². The second-order valence-corrected chi connectivity index (χ2v) is 7.40. The van der Waals surface area contributed by atoms with Gasteiger partial charge in [0.2, 0.25) is 5.91 Å². The Bertz CT molecular complexity index is 498. The van der Waals surface area contributed by atoms with Gasteiger partial charge in [0.1, 0.15) is 0 Å². The van der Waals surface area contributed by atoms with Crippen LogP contribution in [0.1, 0.15) is 43.7 Å². The molecule has 1 aliphatic carbocycles. The molecule has 2 atom stereocenters. The number of thiophene rings is 1. The standard InChI is InChI=1S/C16H22N2OS.ClH/c19-15(13-10-16(13)4-6-17-7-5-16)18-8-1-2-14(18)12-3-9-20-11-12;/h3,9,11,13-14,17H,1-2,4-8,10H2;1H. The zero-order chi connectivity index (χ0) is 13.6. The molecule has 3 heterocycles. The van der Waals surface area contributed by atoms with E-state index in [4.69, 9.17) is 0 Å². The first-order chi connectivity index (χ1) is 9.80. The van der Waals surface area contributed by atoms with Crippen molar-refractivity contribution in [3.63, 3.8) is 0 Å². The Hall–Kier alpha value is -0.580. The number of nitrogens with zero attached hydrogens (tertiary/aromatic N) is 1. The van der Waals surface area contributed by atoms with Crippen LogP contribution in [0.2, 0.25) is 0 Å². The van der Waals surface area contributed by atoms with Gasteiger partial charge in [-0.05, 0) is 73.0 Å². The Kier molecular flexibility index (Phi) is 4.30. The fourth-order valence-corrected chi connectivity index (χ4v) is 4.92. The average Bonchev–Trinajstić information content (AvgIpc) is 2.95. The van der Waals surface area contributed by atoms with Crippen molar-refractivity contribution in [3.8, 4) is 0 Å². The maximum Gasteiger partial charge on any atom is 0.226 e. The summed E-state index contributed by atoms with van der Waals surface area (Å²) in [6.07, 6.45) is 5.83. The second kappa shape index (κ2) is 5.90. The van der Waals surface area contributed by atoms with Crippen LogP contribution in [-0.2, 0) is 4.79 Å². The van der Waals surface area contributed by atoms with Crippen molar-refractivity contribution < 1.29 is 4.79 Å². The SMILES string of the molecule is Cl.O=C(C1CC12CCNCC2)N1CCCC1c1ccsc1. The summed E-state index contributed by atoms with van der Waals surface area (Å²) in [5.41, 5.74) is 1.71. The number of nitrogens with one attached hydrogen (secondary N) is 1. The lowest BCUT2D eigenvalue weighted by Gasteiger charge is -2.28. The molecule has 0 radical (unpaired) electrons. The Morgan fingerprint density at radius 2 is 2.19 bits per heavy atom. The van der Waals surface area contributed by atoms with Gasteiger partial charge < -0.3 is 10.2 Å². The molecule has 1 aromatic heterocycles. The fraction of sp³-hybridized carbons (Fsp3) is 0.688. The van der Waals surface area contributed by atoms with Crippen LogP contribution in [0.25, 0.3) is 0 Å². The summed E-state index contributed by atoms with van der Waals surface area (Å²) in [4.78, 5) is 15.1. The van der Waals surface area contributed by atoms with Crippen LogP contribution in [0.4, 0.5) is 0 Å². The lowest BCUT2D eigenvalue weighted by molar-refractivity contribution is -0.134. The maximum atomic E-state index is 12.9. The number of carbonyl (C=O) groups excluding carboxylic acids is 1. The van der Waals surface area contributed by atoms with Crippen LogP contribution in [0.5, 0.6) is 0 Å². The molecule has 5 heteroatoms. The molecule has 21 heavy (non-hydrogen) atoms. The van der Waals surface area contributed by atoms with Gasteiger partial charge in [-0.25, -0.2) is 0 Å². The average molecular weight is 327 g/mol. The molecular formula is C16H23ClN2OS. The van der Waals surface area contributed by atoms with Crippen molar-refractivity contribution in [1.29, 1.82) is 0 Å². The minimum atomic E-state index is 0. The number of halogens is 1. The first kappa shape index (κ1) is 15.3. The van der Waals surface area contributed by atoms with Gasteiger partial charge in [-0.2, -0.15) is 11.3 Å². The molecule has 1 N–H and O–H groups in total. The summed E-state index contributed by atoms with van der Waals surface area (Å²) in [6, 6.07) is 2.54. The largest absolute Gasteiger partial charge is 0.335 e. The second-order valence-electron chi connectivity index (χ2n) is 6.62. The van der Waals surface area contributed by atoms with Crippen molar-refractivity contribution in [2.24, 2.45) is 11.3 Å². The number of likely N-dealkylation sites (tertiary alicyclic amines) is 1. The van der Waals surface area contributed by atoms with Crippen LogP contribution in [0.3, 0.4) is 0 Å². The Balaban J connectivity index is 0.00000132. The summed E-state index contributed by atoms with van der Waals surface area (Å²) in [5, 5.41) is 7.76. The van der Waals surface area contributed by atoms with Gasteiger partial charge in [0, 0.05) is 12.5 Å². The molecule has 1 spiro atoms. The van der Waals surface area contributed by atoms with Crippen molar-refractivity contribution in [2.75, 3.05) is 19.6 Å². The summed E-state index contributed by atoms with van der Waals surface area (Å²) >= 11 is 1.74. The molecule has 1 amide bonds. The third-order valence-electron chi connectivity index (χ3n) is 5.55. The molecule has 4 rings (SSSR count). The summed E-state index contributed by atoms with van der Waals surface area (Å²) < 4.78 is 0. The zero-order valence-corrected chi connectivity index (χ0v) is 13.8. The van der Waals surface area contributed by atoms with Gasteiger partial charge in [-0.1, -0.05) is 0 Å². The molecule has 2 saturated heterocycles. The molecular weight excluding hydrogens is 304 g/mol. The predicted octanol–water partition coefficient (Wildman–Crippen LogP) is 3.22. The van der Waals surface area contributed by atoms with Gasteiger partial charge in [-0.15, -0.1) is 12.4 Å². The van der Waals surface area contributed by atoms with Gasteiger partial charge >= 0.3 is 0 Å². The number of carbonyl (C=O) groups is 1. The van der Waals surface area contributed by atoms with Gasteiger partial charge in [0.05, 0.1) is 6.04 Å². The summed E-state index contributed by atoms with van der Waals surface area (Å²) in [7, 11) is 0. The Labute approximate surface area is 136 Å². The highest BCUT2D eigenvalue weighted by molar-refractivity contribution is 7.07. The van der Waals surface area contributed by atoms with Crippen LogP contribution in [0, 0.1) is 11.3 Å². The number of hydrogen-bond donors (Lipinski definition) is 1. The van der Waals surface area contributed by atoms with Crippen molar-refractivity contribution in [2.45, 2.75) is 38.1 Å². The monoisotopic (exact) mass is 326 g/mol. The first-order valence-corrected chi connectivity index (χ1v) is 8.78. The molecule has 3 aliphatic rings. The lowest BCUT2D eigenvalue weighted by Crippen LogP contribution is -2.36. The van der Waals surface area contributed by atoms with E-state index in [0.29, 0.717) is 23.3 Å². The van der Waals surface area contributed by atoms with E-state index in [1.807, 2.05) is 0 Å². The quantitative estimate of drug-likeness (QED) is 0.905. The third-order valence-corrected chi connectivity index (χ3v) is 6.25. The van der Waals surface area contributed by atoms with Gasteiger partial charge in [-0.3, -0.25) is 4.79 Å². The van der Waals surface area contributed by atoms with Crippen molar-refractivity contribution in [3.05, 3.63) is 22.4 Å². The van der Waals surface area contributed by atoms with E-state index in [-0.39, 0.29) is 12.4 Å². The lowest BCUT2D eigenvalue weighted by atomic mass is 9.91. The third kappa shape index (κ3) is 2.62. The number of rotatable bonds is 2. The Morgan fingerprint density at radius 3 is 2.90 bits per heavy atom. The van der Waals surface area contributed by atoms with E-state index >= 15 is 0 Å². The highest BCUT2D eigenvalue weighted by atomic mass is 35.5.